The van der Waals surface area contributed by atoms with Gasteiger partial charge in [0.25, 0.3) is 0 Å². The Bertz CT molecular complexity index is 666. The highest BCUT2D eigenvalue weighted by Gasteiger charge is 2.32. The molecule has 2 atom stereocenters. The minimum atomic E-state index is -0.847. The number of carbonyl (C=O) groups is 1. The SMILES string of the molecule is CC(C)[C@@](C)(C#N)NC(=O)[C@@H](C)SC1=Nc2ccccc2CS1. The summed E-state index contributed by atoms with van der Waals surface area (Å²) in [5.74, 6) is 0.787. The molecule has 1 heterocycles. The van der Waals surface area contributed by atoms with Crippen LogP contribution in [0.5, 0.6) is 0 Å². The van der Waals surface area contributed by atoms with Crippen LogP contribution in [0.4, 0.5) is 5.69 Å². The molecule has 1 aromatic carbocycles. The molecule has 0 fully saturated rings. The van der Waals surface area contributed by atoms with Gasteiger partial charge in [0.15, 0.2) is 0 Å². The molecule has 0 unspecified atom stereocenters. The van der Waals surface area contributed by atoms with E-state index in [0.29, 0.717) is 0 Å². The molecule has 1 aliphatic rings. The van der Waals surface area contributed by atoms with Crippen LogP contribution in [-0.4, -0.2) is 21.1 Å². The number of aliphatic imine (C=N–C) groups is 1. The highest BCUT2D eigenvalue weighted by molar-refractivity contribution is 8.39. The normalized spacial score (nSPS) is 17.5. The van der Waals surface area contributed by atoms with Crippen molar-refractivity contribution in [3.8, 4) is 6.07 Å². The van der Waals surface area contributed by atoms with Gasteiger partial charge in [-0.25, -0.2) is 4.99 Å². The van der Waals surface area contributed by atoms with Crippen molar-refractivity contribution in [2.24, 2.45) is 10.9 Å². The summed E-state index contributed by atoms with van der Waals surface area (Å²) in [5, 5.41) is 11.9. The summed E-state index contributed by atoms with van der Waals surface area (Å²) in [6.07, 6.45) is 0. The molecule has 122 valence electrons. The number of nitriles is 1. The molecule has 1 aliphatic heterocycles. The number of amides is 1. The van der Waals surface area contributed by atoms with E-state index >= 15 is 0 Å². The van der Waals surface area contributed by atoms with Crippen LogP contribution < -0.4 is 5.32 Å². The smallest absolute Gasteiger partial charge is 0.234 e. The molecular formula is C17H21N3OS2. The fraction of sp³-hybridized carbons (Fsp3) is 0.471. The molecule has 2 rings (SSSR count). The van der Waals surface area contributed by atoms with E-state index in [0.717, 1.165) is 15.8 Å². The number of hydrogen-bond donors (Lipinski definition) is 1. The average molecular weight is 348 g/mol. The molecule has 0 aromatic heterocycles. The van der Waals surface area contributed by atoms with Gasteiger partial charge in [-0.3, -0.25) is 4.79 Å². The summed E-state index contributed by atoms with van der Waals surface area (Å²) in [7, 11) is 0. The van der Waals surface area contributed by atoms with E-state index in [1.807, 2.05) is 39.0 Å². The lowest BCUT2D eigenvalue weighted by Gasteiger charge is -2.28. The molecule has 0 saturated carbocycles. The summed E-state index contributed by atoms with van der Waals surface area (Å²) in [6, 6.07) is 10.3. The third kappa shape index (κ3) is 4.30. The first-order valence-corrected chi connectivity index (χ1v) is 9.41. The van der Waals surface area contributed by atoms with Crippen LogP contribution in [0.1, 0.15) is 33.3 Å². The van der Waals surface area contributed by atoms with Gasteiger partial charge in [0.2, 0.25) is 5.91 Å². The molecule has 4 nitrogen and oxygen atoms in total. The summed E-state index contributed by atoms with van der Waals surface area (Å²) >= 11 is 3.10. The first-order valence-electron chi connectivity index (χ1n) is 7.55. The van der Waals surface area contributed by atoms with Gasteiger partial charge in [0.05, 0.1) is 17.0 Å². The highest BCUT2D eigenvalue weighted by atomic mass is 32.2. The summed E-state index contributed by atoms with van der Waals surface area (Å²) < 4.78 is 0.898. The van der Waals surface area contributed by atoms with E-state index in [-0.39, 0.29) is 17.1 Å². The van der Waals surface area contributed by atoms with E-state index in [1.54, 1.807) is 18.7 Å². The van der Waals surface area contributed by atoms with Crippen LogP contribution in [0.15, 0.2) is 29.3 Å². The van der Waals surface area contributed by atoms with Crippen molar-refractivity contribution in [1.82, 2.24) is 5.32 Å². The Morgan fingerprint density at radius 1 is 1.43 bits per heavy atom. The Labute approximate surface area is 146 Å². The van der Waals surface area contributed by atoms with Gasteiger partial charge in [-0.1, -0.05) is 55.6 Å². The van der Waals surface area contributed by atoms with Crippen LogP contribution in [-0.2, 0) is 10.5 Å². The Kier molecular flexibility index (Phi) is 5.77. The number of para-hydroxylation sites is 1. The number of thioether (sulfide) groups is 2. The fourth-order valence-corrected chi connectivity index (χ4v) is 4.12. The van der Waals surface area contributed by atoms with Crippen molar-refractivity contribution in [3.63, 3.8) is 0 Å². The standard InChI is InChI=1S/C17H21N3OS2/c1-11(2)17(4,10-18)20-15(21)12(3)23-16-19-14-8-6-5-7-13(14)9-22-16/h5-8,11-12H,9H2,1-4H3,(H,20,21)/t12-,17-/m1/s1. The van der Waals surface area contributed by atoms with E-state index in [2.05, 4.69) is 22.4 Å². The zero-order chi connectivity index (χ0) is 17.0. The Morgan fingerprint density at radius 2 is 2.13 bits per heavy atom. The lowest BCUT2D eigenvalue weighted by Crippen LogP contribution is -2.51. The van der Waals surface area contributed by atoms with Crippen LogP contribution in [0.3, 0.4) is 0 Å². The molecule has 0 bridgehead atoms. The van der Waals surface area contributed by atoms with Gasteiger partial charge < -0.3 is 5.32 Å². The Balaban J connectivity index is 2.03. The van der Waals surface area contributed by atoms with E-state index in [9.17, 15) is 10.1 Å². The van der Waals surface area contributed by atoms with Crippen LogP contribution in [0.25, 0.3) is 0 Å². The number of benzene rings is 1. The number of fused-ring (bicyclic) bond motifs is 1. The molecule has 6 heteroatoms. The third-order valence-electron chi connectivity index (χ3n) is 3.97. The third-order valence-corrected chi connectivity index (χ3v) is 6.27. The molecular weight excluding hydrogens is 326 g/mol. The van der Waals surface area contributed by atoms with Gasteiger partial charge in [0.1, 0.15) is 9.91 Å². The number of nitrogens with one attached hydrogen (secondary N) is 1. The Morgan fingerprint density at radius 3 is 2.78 bits per heavy atom. The van der Waals surface area contributed by atoms with Gasteiger partial charge >= 0.3 is 0 Å². The fourth-order valence-electron chi connectivity index (χ4n) is 1.94. The number of hydrogen-bond acceptors (Lipinski definition) is 5. The molecule has 1 aromatic rings. The maximum Gasteiger partial charge on any atom is 0.234 e. The predicted octanol–water partition coefficient (Wildman–Crippen LogP) is 4.10. The van der Waals surface area contributed by atoms with E-state index < -0.39 is 5.54 Å². The number of nitrogens with zero attached hydrogens (tertiary/aromatic N) is 2. The average Bonchev–Trinajstić information content (AvgIpc) is 2.54. The highest BCUT2D eigenvalue weighted by Crippen LogP contribution is 2.35. The molecule has 0 aliphatic carbocycles. The second-order valence-electron chi connectivity index (χ2n) is 6.01. The quantitative estimate of drug-likeness (QED) is 0.890. The molecule has 1 amide bonds. The first-order chi connectivity index (χ1) is 10.9. The zero-order valence-electron chi connectivity index (χ0n) is 13.8. The summed E-state index contributed by atoms with van der Waals surface area (Å²) in [4.78, 5) is 17.0. The minimum absolute atomic E-state index is 0.0434. The zero-order valence-corrected chi connectivity index (χ0v) is 15.4. The summed E-state index contributed by atoms with van der Waals surface area (Å²) in [5.41, 5.74) is 1.35. The lowest BCUT2D eigenvalue weighted by atomic mass is 9.90. The minimum Gasteiger partial charge on any atom is -0.337 e. The van der Waals surface area contributed by atoms with Gasteiger partial charge in [-0.05, 0) is 31.4 Å². The van der Waals surface area contributed by atoms with E-state index in [4.69, 9.17) is 0 Å². The second-order valence-corrected chi connectivity index (χ2v) is 8.57. The lowest BCUT2D eigenvalue weighted by molar-refractivity contribution is -0.121. The molecule has 0 saturated heterocycles. The van der Waals surface area contributed by atoms with Crippen molar-refractivity contribution >= 4 is 39.5 Å². The summed E-state index contributed by atoms with van der Waals surface area (Å²) in [6.45, 7) is 7.47. The number of rotatable bonds is 4. The van der Waals surface area contributed by atoms with Gasteiger partial charge in [-0.15, -0.1) is 0 Å². The first kappa shape index (κ1) is 17.9. The van der Waals surface area contributed by atoms with Crippen molar-refractivity contribution in [2.45, 2.75) is 44.2 Å². The topological polar surface area (TPSA) is 65.2 Å². The van der Waals surface area contributed by atoms with Gasteiger partial charge in [0, 0.05) is 5.75 Å². The molecule has 0 spiro atoms. The number of carbonyl (C=O) groups excluding carboxylic acids is 1. The van der Waals surface area contributed by atoms with Gasteiger partial charge in [-0.2, -0.15) is 5.26 Å². The van der Waals surface area contributed by atoms with Crippen molar-refractivity contribution < 1.29 is 4.79 Å². The largest absolute Gasteiger partial charge is 0.337 e. The Hall–Kier alpha value is -1.45. The molecule has 1 N–H and O–H groups in total. The monoisotopic (exact) mass is 347 g/mol. The molecule has 23 heavy (non-hydrogen) atoms. The van der Waals surface area contributed by atoms with Crippen LogP contribution in [0, 0.1) is 17.2 Å². The second kappa shape index (κ2) is 7.41. The molecule has 0 radical (unpaired) electrons. The predicted molar refractivity (Wildman–Crippen MR) is 98.9 cm³/mol. The maximum atomic E-state index is 12.4. The maximum absolute atomic E-state index is 12.4. The van der Waals surface area contributed by atoms with E-state index in [1.165, 1.54) is 17.3 Å². The van der Waals surface area contributed by atoms with Crippen molar-refractivity contribution in [1.29, 1.82) is 5.26 Å². The van der Waals surface area contributed by atoms with Crippen LogP contribution >= 0.6 is 23.5 Å². The van der Waals surface area contributed by atoms with Crippen molar-refractivity contribution in [3.05, 3.63) is 29.8 Å². The van der Waals surface area contributed by atoms with Crippen molar-refractivity contribution in [2.75, 3.05) is 0 Å². The van der Waals surface area contributed by atoms with Crippen LogP contribution in [0.2, 0.25) is 0 Å².